The van der Waals surface area contributed by atoms with Crippen molar-refractivity contribution in [3.63, 3.8) is 0 Å². The van der Waals surface area contributed by atoms with Crippen LogP contribution in [0.5, 0.6) is 0 Å². The van der Waals surface area contributed by atoms with Crippen molar-refractivity contribution < 1.29 is 5.11 Å². The quantitative estimate of drug-likeness (QED) is 0.743. The molecule has 0 fully saturated rings. The van der Waals surface area contributed by atoms with Gasteiger partial charge in [-0.05, 0) is 11.5 Å². The molecular formula is C14H20O. The van der Waals surface area contributed by atoms with Crippen molar-refractivity contribution in [1.82, 2.24) is 0 Å². The zero-order chi connectivity index (χ0) is 11.3. The summed E-state index contributed by atoms with van der Waals surface area (Å²) < 4.78 is 0. The van der Waals surface area contributed by atoms with Gasteiger partial charge >= 0.3 is 0 Å². The van der Waals surface area contributed by atoms with Crippen LogP contribution >= 0.6 is 0 Å². The van der Waals surface area contributed by atoms with Crippen LogP contribution in [0.1, 0.15) is 32.4 Å². The number of aliphatic hydroxyl groups excluding tert-OH is 1. The molecule has 0 spiro atoms. The van der Waals surface area contributed by atoms with Crippen molar-refractivity contribution >= 4 is 0 Å². The molecule has 1 N–H and O–H groups in total. The van der Waals surface area contributed by atoms with Crippen molar-refractivity contribution in [3.8, 4) is 0 Å². The van der Waals surface area contributed by atoms with Gasteiger partial charge in [-0.2, -0.15) is 0 Å². The summed E-state index contributed by atoms with van der Waals surface area (Å²) in [5.41, 5.74) is 0.985. The summed E-state index contributed by atoms with van der Waals surface area (Å²) in [6.45, 7) is 6.31. The van der Waals surface area contributed by atoms with Crippen molar-refractivity contribution in [3.05, 3.63) is 48.0 Å². The Labute approximate surface area is 92.5 Å². The predicted octanol–water partition coefficient (Wildman–Crippen LogP) is 3.57. The molecule has 0 aliphatic heterocycles. The summed E-state index contributed by atoms with van der Waals surface area (Å²) in [7, 11) is 0. The molecule has 1 aromatic rings. The summed E-state index contributed by atoms with van der Waals surface area (Å²) in [6, 6.07) is 9.80. The lowest BCUT2D eigenvalue weighted by Gasteiger charge is -2.16. The van der Waals surface area contributed by atoms with Gasteiger partial charge in [0.1, 0.15) is 0 Å². The Morgan fingerprint density at radius 2 is 1.60 bits per heavy atom. The number of hydrogen-bond donors (Lipinski definition) is 1. The Kier molecular flexibility index (Phi) is 4.57. The summed E-state index contributed by atoms with van der Waals surface area (Å²) >= 11 is 0. The van der Waals surface area contributed by atoms with Crippen molar-refractivity contribution in [1.29, 1.82) is 0 Å². The maximum Gasteiger partial charge on any atom is 0.0849 e. The van der Waals surface area contributed by atoms with Crippen LogP contribution in [0.3, 0.4) is 0 Å². The first-order valence-electron chi connectivity index (χ1n) is 5.52. The highest BCUT2D eigenvalue weighted by molar-refractivity contribution is 5.19. The van der Waals surface area contributed by atoms with Crippen LogP contribution in [0.15, 0.2) is 42.5 Å². The van der Waals surface area contributed by atoms with E-state index < -0.39 is 6.10 Å². The molecule has 82 valence electrons. The summed E-state index contributed by atoms with van der Waals surface area (Å²) in [6.07, 6.45) is 3.82. The van der Waals surface area contributed by atoms with Crippen molar-refractivity contribution in [2.75, 3.05) is 0 Å². The van der Waals surface area contributed by atoms with Gasteiger partial charge in [-0.1, -0.05) is 63.3 Å². The highest BCUT2D eigenvalue weighted by Crippen LogP contribution is 2.22. The van der Waals surface area contributed by atoms with Crippen LogP contribution in [0.25, 0.3) is 0 Å². The molecule has 0 aliphatic rings. The van der Waals surface area contributed by atoms with E-state index in [0.29, 0.717) is 5.92 Å². The fourth-order valence-electron chi connectivity index (χ4n) is 1.46. The summed E-state index contributed by atoms with van der Waals surface area (Å²) in [5, 5.41) is 10.1. The number of hydrogen-bond acceptors (Lipinski definition) is 1. The molecule has 0 unspecified atom stereocenters. The van der Waals surface area contributed by atoms with Gasteiger partial charge in [-0.25, -0.2) is 0 Å². The second-order valence-corrected chi connectivity index (χ2v) is 4.34. The first kappa shape index (κ1) is 12.0. The molecule has 0 radical (unpaired) electrons. The largest absolute Gasteiger partial charge is 0.388 e. The molecule has 1 heteroatoms. The van der Waals surface area contributed by atoms with E-state index in [9.17, 15) is 5.11 Å². The predicted molar refractivity (Wildman–Crippen MR) is 64.5 cm³/mol. The van der Waals surface area contributed by atoms with Gasteiger partial charge in [-0.15, -0.1) is 0 Å². The maximum atomic E-state index is 10.1. The lowest BCUT2D eigenvalue weighted by atomic mass is 9.96. The molecule has 0 bridgehead atoms. The van der Waals surface area contributed by atoms with Crippen LogP contribution in [0.2, 0.25) is 0 Å². The lowest BCUT2D eigenvalue weighted by molar-refractivity contribution is 0.139. The minimum absolute atomic E-state index is 0.162. The van der Waals surface area contributed by atoms with Crippen molar-refractivity contribution in [2.24, 2.45) is 11.8 Å². The topological polar surface area (TPSA) is 20.2 Å². The van der Waals surface area contributed by atoms with E-state index in [1.807, 2.05) is 37.3 Å². The van der Waals surface area contributed by atoms with Crippen LogP contribution < -0.4 is 0 Å². The second-order valence-electron chi connectivity index (χ2n) is 4.34. The fourth-order valence-corrected chi connectivity index (χ4v) is 1.46. The average Bonchev–Trinajstić information content (AvgIpc) is 2.26. The first-order valence-corrected chi connectivity index (χ1v) is 5.52. The highest BCUT2D eigenvalue weighted by atomic mass is 16.3. The first-order chi connectivity index (χ1) is 7.11. The number of rotatable bonds is 4. The molecule has 15 heavy (non-hydrogen) atoms. The van der Waals surface area contributed by atoms with Gasteiger partial charge in [0.15, 0.2) is 0 Å². The van der Waals surface area contributed by atoms with E-state index in [0.717, 1.165) is 5.56 Å². The number of benzene rings is 1. The molecule has 2 atom stereocenters. The van der Waals surface area contributed by atoms with E-state index in [1.54, 1.807) is 0 Å². The van der Waals surface area contributed by atoms with E-state index in [-0.39, 0.29) is 5.92 Å². The minimum atomic E-state index is -0.402. The Bertz CT molecular complexity index is 300. The van der Waals surface area contributed by atoms with Gasteiger partial charge in [0.25, 0.3) is 0 Å². The van der Waals surface area contributed by atoms with E-state index in [4.69, 9.17) is 0 Å². The van der Waals surface area contributed by atoms with E-state index in [2.05, 4.69) is 26.0 Å². The fraction of sp³-hybridized carbons (Fsp3) is 0.429. The third-order valence-corrected chi connectivity index (χ3v) is 2.44. The van der Waals surface area contributed by atoms with Gasteiger partial charge < -0.3 is 5.11 Å². The third-order valence-electron chi connectivity index (χ3n) is 2.44. The third kappa shape index (κ3) is 3.88. The standard InChI is InChI=1S/C14H20O/c1-11(2)9-10-12(3)14(15)13-7-5-4-6-8-13/h4-12,14-15H,1-3H3/b10-9+/t12-,14-/m0/s1. The Morgan fingerprint density at radius 3 is 2.13 bits per heavy atom. The average molecular weight is 204 g/mol. The lowest BCUT2D eigenvalue weighted by Crippen LogP contribution is -2.06. The smallest absolute Gasteiger partial charge is 0.0849 e. The zero-order valence-corrected chi connectivity index (χ0v) is 9.72. The summed E-state index contributed by atoms with van der Waals surface area (Å²) in [4.78, 5) is 0. The normalized spacial score (nSPS) is 15.8. The molecule has 0 aromatic heterocycles. The van der Waals surface area contributed by atoms with Gasteiger partial charge in [0.2, 0.25) is 0 Å². The molecule has 0 aliphatic carbocycles. The molecule has 1 rings (SSSR count). The second kappa shape index (κ2) is 5.72. The molecule has 0 amide bonds. The molecule has 1 nitrogen and oxygen atoms in total. The van der Waals surface area contributed by atoms with E-state index >= 15 is 0 Å². The van der Waals surface area contributed by atoms with Crippen LogP contribution in [0, 0.1) is 11.8 Å². The highest BCUT2D eigenvalue weighted by Gasteiger charge is 2.12. The Hall–Kier alpha value is -1.08. The van der Waals surface area contributed by atoms with Crippen molar-refractivity contribution in [2.45, 2.75) is 26.9 Å². The Balaban J connectivity index is 2.65. The number of allylic oxidation sites excluding steroid dienone is 1. The summed E-state index contributed by atoms with van der Waals surface area (Å²) in [5.74, 6) is 0.699. The van der Waals surface area contributed by atoms with Gasteiger partial charge in [0, 0.05) is 5.92 Å². The molecular weight excluding hydrogens is 184 g/mol. The van der Waals surface area contributed by atoms with Crippen LogP contribution in [-0.4, -0.2) is 5.11 Å². The minimum Gasteiger partial charge on any atom is -0.388 e. The molecule has 0 heterocycles. The monoisotopic (exact) mass is 204 g/mol. The molecule has 1 aromatic carbocycles. The van der Waals surface area contributed by atoms with Gasteiger partial charge in [-0.3, -0.25) is 0 Å². The molecule has 0 saturated carbocycles. The molecule has 0 saturated heterocycles. The maximum absolute atomic E-state index is 10.1. The van der Waals surface area contributed by atoms with E-state index in [1.165, 1.54) is 0 Å². The Morgan fingerprint density at radius 1 is 1.00 bits per heavy atom. The van der Waals surface area contributed by atoms with Crippen LogP contribution in [-0.2, 0) is 0 Å². The van der Waals surface area contributed by atoms with Gasteiger partial charge in [0.05, 0.1) is 6.10 Å². The SMILES string of the molecule is CC(C)/C=C/[C@H](C)[C@H](O)c1ccccc1. The zero-order valence-electron chi connectivity index (χ0n) is 9.72. The number of aliphatic hydroxyl groups is 1. The van der Waals surface area contributed by atoms with Crippen LogP contribution in [0.4, 0.5) is 0 Å².